The molecule has 1 aliphatic heterocycles. The summed E-state index contributed by atoms with van der Waals surface area (Å²) in [4.78, 5) is 11.1. The highest BCUT2D eigenvalue weighted by molar-refractivity contribution is 5.85. The molecule has 104 valence electrons. The van der Waals surface area contributed by atoms with Gasteiger partial charge in [0.05, 0.1) is 12.2 Å². The molecular weight excluding hydrogens is 270 g/mol. The number of hydrogen-bond donors (Lipinski definition) is 1. The van der Waals surface area contributed by atoms with Gasteiger partial charge in [0, 0.05) is 5.69 Å². The Balaban J connectivity index is 2.29. The minimum atomic E-state index is -4.60. The summed E-state index contributed by atoms with van der Waals surface area (Å²) in [5, 5.41) is 2.14. The fourth-order valence-corrected chi connectivity index (χ4v) is 1.59. The van der Waals surface area contributed by atoms with E-state index < -0.39 is 29.4 Å². The van der Waals surface area contributed by atoms with Crippen molar-refractivity contribution >= 4 is 11.8 Å². The first-order chi connectivity index (χ1) is 8.78. The molecule has 0 fully saturated rings. The Morgan fingerprint density at radius 3 is 2.68 bits per heavy atom. The van der Waals surface area contributed by atoms with Gasteiger partial charge in [0.25, 0.3) is 0 Å². The lowest BCUT2D eigenvalue weighted by Crippen LogP contribution is -2.37. The van der Waals surface area contributed by atoms with Gasteiger partial charge < -0.3 is 9.47 Å². The molecule has 8 heteroatoms. The van der Waals surface area contributed by atoms with E-state index in [1.54, 1.807) is 6.92 Å². The normalized spacial score (nSPS) is 18.4. The van der Waals surface area contributed by atoms with Crippen LogP contribution in [0.4, 0.5) is 28.0 Å². The highest BCUT2D eigenvalue weighted by Gasteiger charge is 2.66. The lowest BCUT2D eigenvalue weighted by atomic mass is 10.1. The minimum absolute atomic E-state index is 0.0850. The predicted molar refractivity (Wildman–Crippen MR) is 56.6 cm³/mol. The van der Waals surface area contributed by atoms with Gasteiger partial charge in [-0.3, -0.25) is 5.32 Å². The van der Waals surface area contributed by atoms with Crippen molar-refractivity contribution in [3.8, 4) is 5.75 Å². The van der Waals surface area contributed by atoms with Crippen LogP contribution in [0.3, 0.4) is 0 Å². The minimum Gasteiger partial charge on any atom is -0.450 e. The molecule has 1 aromatic rings. The van der Waals surface area contributed by atoms with Crippen LogP contribution in [-0.4, -0.2) is 18.8 Å². The van der Waals surface area contributed by atoms with E-state index in [1.807, 2.05) is 0 Å². The zero-order valence-electron chi connectivity index (χ0n) is 9.68. The summed E-state index contributed by atoms with van der Waals surface area (Å²) in [5.74, 6) is -5.07. The van der Waals surface area contributed by atoms with Crippen LogP contribution in [-0.2, 0) is 10.7 Å². The van der Waals surface area contributed by atoms with E-state index in [-0.39, 0.29) is 12.3 Å². The molecule has 4 nitrogen and oxygen atoms in total. The van der Waals surface area contributed by atoms with Crippen LogP contribution in [0, 0.1) is 0 Å². The highest BCUT2D eigenvalue weighted by Crippen LogP contribution is 2.53. The van der Waals surface area contributed by atoms with Gasteiger partial charge in [-0.05, 0) is 25.1 Å². The summed E-state index contributed by atoms with van der Waals surface area (Å²) in [6.45, 7) is 1.65. The molecular formula is C11H9F4NO3. The Morgan fingerprint density at radius 1 is 1.37 bits per heavy atom. The third kappa shape index (κ3) is 2.18. The SMILES string of the molecule is CCOC(=O)Nc1ccc2c(c1)C(F)(F)C(F)(F)O2. The van der Waals surface area contributed by atoms with Crippen molar-refractivity contribution in [1.82, 2.24) is 0 Å². The van der Waals surface area contributed by atoms with Gasteiger partial charge in [0.15, 0.2) is 0 Å². The molecule has 19 heavy (non-hydrogen) atoms. The van der Waals surface area contributed by atoms with Crippen LogP contribution in [0.25, 0.3) is 0 Å². The monoisotopic (exact) mass is 279 g/mol. The summed E-state index contributed by atoms with van der Waals surface area (Å²) in [6.07, 6.45) is -5.46. The molecule has 1 aromatic carbocycles. The Kier molecular flexibility index (Phi) is 3.03. The predicted octanol–water partition coefficient (Wildman–Crippen LogP) is 3.33. The maximum atomic E-state index is 13.4. The van der Waals surface area contributed by atoms with Crippen LogP contribution < -0.4 is 10.1 Å². The molecule has 0 spiro atoms. The lowest BCUT2D eigenvalue weighted by molar-refractivity contribution is -0.296. The van der Waals surface area contributed by atoms with Crippen molar-refractivity contribution in [3.05, 3.63) is 23.8 Å². The van der Waals surface area contributed by atoms with Crippen molar-refractivity contribution in [2.45, 2.75) is 19.0 Å². The molecule has 1 amide bonds. The van der Waals surface area contributed by atoms with Crippen LogP contribution in [0.15, 0.2) is 18.2 Å². The van der Waals surface area contributed by atoms with E-state index in [2.05, 4.69) is 14.8 Å². The van der Waals surface area contributed by atoms with Crippen molar-refractivity contribution in [3.63, 3.8) is 0 Å². The number of nitrogens with one attached hydrogen (secondary N) is 1. The first-order valence-electron chi connectivity index (χ1n) is 5.31. The van der Waals surface area contributed by atoms with Gasteiger partial charge in [-0.25, -0.2) is 4.79 Å². The van der Waals surface area contributed by atoms with Gasteiger partial charge in [0.2, 0.25) is 0 Å². The number of amides is 1. The molecule has 0 radical (unpaired) electrons. The average molecular weight is 279 g/mol. The number of rotatable bonds is 2. The third-order valence-electron chi connectivity index (χ3n) is 2.44. The maximum absolute atomic E-state index is 13.4. The zero-order chi connectivity index (χ0) is 14.3. The smallest absolute Gasteiger partial charge is 0.450 e. The fourth-order valence-electron chi connectivity index (χ4n) is 1.59. The van der Waals surface area contributed by atoms with Gasteiger partial charge in [-0.2, -0.15) is 17.6 Å². The number of fused-ring (bicyclic) bond motifs is 1. The topological polar surface area (TPSA) is 47.6 Å². The van der Waals surface area contributed by atoms with Gasteiger partial charge in [0.1, 0.15) is 5.75 Å². The zero-order valence-corrected chi connectivity index (χ0v) is 9.68. The number of carbonyl (C=O) groups excluding carboxylic acids is 1. The Morgan fingerprint density at radius 2 is 2.05 bits per heavy atom. The average Bonchev–Trinajstić information content (AvgIpc) is 2.47. The number of anilines is 1. The van der Waals surface area contributed by atoms with E-state index in [9.17, 15) is 22.4 Å². The summed E-state index contributed by atoms with van der Waals surface area (Å²) >= 11 is 0. The summed E-state index contributed by atoms with van der Waals surface area (Å²) in [6, 6.07) is 2.83. The number of hydrogen-bond acceptors (Lipinski definition) is 3. The van der Waals surface area contributed by atoms with Crippen molar-refractivity contribution in [2.75, 3.05) is 11.9 Å². The number of alkyl halides is 4. The quantitative estimate of drug-likeness (QED) is 0.845. The largest absolute Gasteiger partial charge is 0.469 e. The van der Waals surface area contributed by atoms with E-state index in [4.69, 9.17) is 0 Å². The van der Waals surface area contributed by atoms with Crippen LogP contribution in [0.2, 0.25) is 0 Å². The Hall–Kier alpha value is -1.99. The molecule has 0 saturated carbocycles. The van der Waals surface area contributed by atoms with Gasteiger partial charge in [-0.1, -0.05) is 0 Å². The van der Waals surface area contributed by atoms with Crippen molar-refractivity contribution in [2.24, 2.45) is 0 Å². The molecule has 0 unspecified atom stereocenters. The lowest BCUT2D eigenvalue weighted by Gasteiger charge is -2.16. The number of benzene rings is 1. The molecule has 0 bridgehead atoms. The van der Waals surface area contributed by atoms with Crippen molar-refractivity contribution in [1.29, 1.82) is 0 Å². The second-order valence-corrected chi connectivity index (χ2v) is 3.75. The first kappa shape index (κ1) is 13.4. The van der Waals surface area contributed by atoms with Gasteiger partial charge >= 0.3 is 18.1 Å². The number of ether oxygens (including phenoxy) is 2. The van der Waals surface area contributed by atoms with Crippen LogP contribution >= 0.6 is 0 Å². The molecule has 1 N–H and O–H groups in total. The number of carbonyl (C=O) groups is 1. The van der Waals surface area contributed by atoms with E-state index in [1.165, 1.54) is 0 Å². The number of halogens is 4. The molecule has 0 atom stereocenters. The third-order valence-corrected chi connectivity index (χ3v) is 2.44. The van der Waals surface area contributed by atoms with Crippen LogP contribution in [0.5, 0.6) is 5.75 Å². The summed E-state index contributed by atoms with van der Waals surface area (Å²) in [5.41, 5.74) is -1.06. The molecule has 0 aliphatic carbocycles. The standard InChI is InChI=1S/C11H9F4NO3/c1-2-18-9(17)16-6-3-4-8-7(5-6)10(12,13)11(14,15)19-8/h3-5H,2H2,1H3,(H,16,17). The second-order valence-electron chi connectivity index (χ2n) is 3.75. The van der Waals surface area contributed by atoms with E-state index in [0.29, 0.717) is 0 Å². The second kappa shape index (κ2) is 4.29. The van der Waals surface area contributed by atoms with Gasteiger partial charge in [-0.15, -0.1) is 0 Å². The summed E-state index contributed by atoms with van der Waals surface area (Å²) in [7, 11) is 0. The molecule has 0 aromatic heterocycles. The van der Waals surface area contributed by atoms with Crippen LogP contribution in [0.1, 0.15) is 12.5 Å². The Labute approximate surface area is 105 Å². The maximum Gasteiger partial charge on any atom is 0.469 e. The molecule has 2 rings (SSSR count). The Bertz CT molecular complexity index is 519. The first-order valence-corrected chi connectivity index (χ1v) is 5.31. The fraction of sp³-hybridized carbons (Fsp3) is 0.364. The molecule has 1 heterocycles. The summed E-state index contributed by atoms with van der Waals surface area (Å²) < 4.78 is 61.0. The van der Waals surface area contributed by atoms with Crippen molar-refractivity contribution < 1.29 is 31.8 Å². The highest BCUT2D eigenvalue weighted by atomic mass is 19.3. The van der Waals surface area contributed by atoms with E-state index in [0.717, 1.165) is 18.2 Å². The van der Waals surface area contributed by atoms with E-state index >= 15 is 0 Å². The molecule has 0 saturated heterocycles. The molecule has 1 aliphatic rings.